The van der Waals surface area contributed by atoms with Crippen molar-refractivity contribution in [3.8, 4) is 0 Å². The molecule has 1 N–H and O–H groups in total. The second kappa shape index (κ2) is 4.57. The lowest BCUT2D eigenvalue weighted by atomic mass is 10.1. The fraction of sp³-hybridized carbons (Fsp3) is 0.0667. The maximum absolute atomic E-state index is 12.1. The van der Waals surface area contributed by atoms with Crippen LogP contribution in [0.15, 0.2) is 54.9 Å². The fourth-order valence-corrected chi connectivity index (χ4v) is 2.00. The monoisotopic (exact) mass is 251 g/mol. The largest absolute Gasteiger partial charge is 0.292 e. The minimum absolute atomic E-state index is 0.153. The predicted molar refractivity (Wildman–Crippen MR) is 74.3 cm³/mol. The van der Waals surface area contributed by atoms with Gasteiger partial charge in [0.25, 0.3) is 5.91 Å². The second-order valence-corrected chi connectivity index (χ2v) is 4.40. The van der Waals surface area contributed by atoms with E-state index in [2.05, 4.69) is 10.3 Å². The number of amides is 1. The van der Waals surface area contributed by atoms with Crippen LogP contribution in [0.3, 0.4) is 0 Å². The molecule has 0 aliphatic heterocycles. The zero-order chi connectivity index (χ0) is 13.2. The van der Waals surface area contributed by atoms with Crippen LogP contribution < -0.4 is 5.32 Å². The zero-order valence-electron chi connectivity index (χ0n) is 10.5. The third kappa shape index (κ3) is 2.20. The molecule has 3 rings (SSSR count). The number of hydrogen-bond donors (Lipinski definition) is 1. The molecule has 0 atom stereocenters. The molecule has 0 aliphatic rings. The maximum Gasteiger partial charge on any atom is 0.257 e. The minimum atomic E-state index is -0.153. The van der Waals surface area contributed by atoms with Crippen molar-refractivity contribution < 1.29 is 4.79 Å². The summed E-state index contributed by atoms with van der Waals surface area (Å²) in [6.45, 7) is 1.96. The molecular formula is C15H13N3O. The summed E-state index contributed by atoms with van der Waals surface area (Å²) in [5.41, 5.74) is 2.63. The number of benzene rings is 1. The molecule has 0 aliphatic carbocycles. The number of carbonyl (C=O) groups is 1. The summed E-state index contributed by atoms with van der Waals surface area (Å²) < 4.78 is 1.84. The van der Waals surface area contributed by atoms with Crippen LogP contribution in [0.5, 0.6) is 0 Å². The fourth-order valence-electron chi connectivity index (χ4n) is 2.00. The van der Waals surface area contributed by atoms with E-state index in [0.29, 0.717) is 11.5 Å². The van der Waals surface area contributed by atoms with Crippen molar-refractivity contribution in [3.63, 3.8) is 0 Å². The number of aromatic nitrogens is 2. The number of fused-ring (bicyclic) bond motifs is 1. The number of rotatable bonds is 2. The van der Waals surface area contributed by atoms with Gasteiger partial charge in [0.2, 0.25) is 5.95 Å². The van der Waals surface area contributed by atoms with Crippen molar-refractivity contribution in [2.75, 3.05) is 5.32 Å². The van der Waals surface area contributed by atoms with Crippen molar-refractivity contribution in [1.29, 1.82) is 0 Å². The van der Waals surface area contributed by atoms with Gasteiger partial charge in [-0.2, -0.15) is 0 Å². The summed E-state index contributed by atoms with van der Waals surface area (Å²) in [4.78, 5) is 16.4. The summed E-state index contributed by atoms with van der Waals surface area (Å²) in [5, 5.41) is 2.82. The van der Waals surface area contributed by atoms with Crippen LogP contribution in [0, 0.1) is 6.92 Å². The van der Waals surface area contributed by atoms with Crippen LogP contribution in [0.25, 0.3) is 5.52 Å². The van der Waals surface area contributed by atoms with Gasteiger partial charge in [-0.1, -0.05) is 23.8 Å². The molecule has 0 saturated carbocycles. The molecule has 0 fully saturated rings. The van der Waals surface area contributed by atoms with E-state index in [9.17, 15) is 4.79 Å². The van der Waals surface area contributed by atoms with E-state index in [1.807, 2.05) is 53.9 Å². The van der Waals surface area contributed by atoms with E-state index in [0.717, 1.165) is 11.1 Å². The second-order valence-electron chi connectivity index (χ2n) is 4.40. The number of aryl methyl sites for hydroxylation is 1. The van der Waals surface area contributed by atoms with Crippen LogP contribution in [0.2, 0.25) is 0 Å². The van der Waals surface area contributed by atoms with Gasteiger partial charge in [-0.05, 0) is 31.2 Å². The highest BCUT2D eigenvalue weighted by atomic mass is 16.1. The molecule has 0 unspecified atom stereocenters. The first-order valence-corrected chi connectivity index (χ1v) is 6.04. The van der Waals surface area contributed by atoms with Gasteiger partial charge in [0.1, 0.15) is 0 Å². The van der Waals surface area contributed by atoms with Crippen LogP contribution in [0.1, 0.15) is 15.9 Å². The number of hydrogen-bond acceptors (Lipinski definition) is 2. The van der Waals surface area contributed by atoms with Crippen LogP contribution >= 0.6 is 0 Å². The zero-order valence-corrected chi connectivity index (χ0v) is 10.5. The molecule has 2 heterocycles. The number of pyridine rings is 1. The first-order chi connectivity index (χ1) is 9.24. The first kappa shape index (κ1) is 11.5. The molecule has 3 aromatic rings. The van der Waals surface area contributed by atoms with Crippen molar-refractivity contribution in [1.82, 2.24) is 9.38 Å². The van der Waals surface area contributed by atoms with Crippen LogP contribution in [-0.2, 0) is 0 Å². The van der Waals surface area contributed by atoms with Gasteiger partial charge in [0.05, 0.1) is 11.7 Å². The third-order valence-corrected chi connectivity index (χ3v) is 2.94. The minimum Gasteiger partial charge on any atom is -0.292 e. The van der Waals surface area contributed by atoms with E-state index in [1.165, 1.54) is 0 Å². The smallest absolute Gasteiger partial charge is 0.257 e. The summed E-state index contributed by atoms with van der Waals surface area (Å²) in [5.74, 6) is 0.377. The molecule has 2 aromatic heterocycles. The number of anilines is 1. The third-order valence-electron chi connectivity index (χ3n) is 2.94. The van der Waals surface area contributed by atoms with Crippen molar-refractivity contribution in [3.05, 3.63) is 66.0 Å². The van der Waals surface area contributed by atoms with Gasteiger partial charge in [-0.15, -0.1) is 0 Å². The highest BCUT2D eigenvalue weighted by Crippen LogP contribution is 2.12. The Labute approximate surface area is 110 Å². The molecule has 94 valence electrons. The van der Waals surface area contributed by atoms with Crippen LogP contribution in [0.4, 0.5) is 5.95 Å². The number of carbonyl (C=O) groups excluding carboxylic acids is 1. The van der Waals surface area contributed by atoms with Crippen molar-refractivity contribution in [2.24, 2.45) is 0 Å². The van der Waals surface area contributed by atoms with Gasteiger partial charge in [-0.25, -0.2) is 4.98 Å². The van der Waals surface area contributed by atoms with E-state index < -0.39 is 0 Å². The van der Waals surface area contributed by atoms with E-state index in [1.54, 1.807) is 12.3 Å². The Hall–Kier alpha value is -2.62. The standard InChI is InChI=1S/C15H13N3O/c1-11-5-4-6-12(9-11)14(19)17-15-16-10-13-7-2-3-8-18(13)15/h2-10H,1H3,(H,16,17,19). The molecule has 4 heteroatoms. The highest BCUT2D eigenvalue weighted by Gasteiger charge is 2.09. The lowest BCUT2D eigenvalue weighted by molar-refractivity contribution is 0.102. The molecule has 0 bridgehead atoms. The Kier molecular flexibility index (Phi) is 2.76. The van der Waals surface area contributed by atoms with Gasteiger partial charge in [-0.3, -0.25) is 14.5 Å². The summed E-state index contributed by atoms with van der Waals surface area (Å²) >= 11 is 0. The predicted octanol–water partition coefficient (Wildman–Crippen LogP) is 2.90. The molecule has 4 nitrogen and oxygen atoms in total. The quantitative estimate of drug-likeness (QED) is 0.761. The lowest BCUT2D eigenvalue weighted by Crippen LogP contribution is -2.14. The number of nitrogens with zero attached hydrogens (tertiary/aromatic N) is 2. The average Bonchev–Trinajstić information content (AvgIpc) is 2.82. The lowest BCUT2D eigenvalue weighted by Gasteiger charge is -2.04. The Morgan fingerprint density at radius 1 is 1.21 bits per heavy atom. The SMILES string of the molecule is Cc1cccc(C(=O)Nc2ncc3ccccn23)c1. The average molecular weight is 251 g/mol. The Morgan fingerprint density at radius 2 is 2.11 bits per heavy atom. The molecule has 0 radical (unpaired) electrons. The Morgan fingerprint density at radius 3 is 2.95 bits per heavy atom. The highest BCUT2D eigenvalue weighted by molar-refractivity contribution is 6.03. The summed E-state index contributed by atoms with van der Waals surface area (Å²) in [7, 11) is 0. The molecule has 1 amide bonds. The number of imidazole rings is 1. The van der Waals surface area contributed by atoms with Gasteiger partial charge < -0.3 is 0 Å². The first-order valence-electron chi connectivity index (χ1n) is 6.04. The number of nitrogens with one attached hydrogen (secondary N) is 1. The topological polar surface area (TPSA) is 46.4 Å². The molecule has 1 aromatic carbocycles. The van der Waals surface area contributed by atoms with Crippen molar-refractivity contribution in [2.45, 2.75) is 6.92 Å². The molecular weight excluding hydrogens is 238 g/mol. The van der Waals surface area contributed by atoms with E-state index >= 15 is 0 Å². The normalized spacial score (nSPS) is 10.6. The Balaban J connectivity index is 1.91. The van der Waals surface area contributed by atoms with Gasteiger partial charge in [0.15, 0.2) is 0 Å². The maximum atomic E-state index is 12.1. The Bertz CT molecular complexity index is 746. The molecule has 19 heavy (non-hydrogen) atoms. The van der Waals surface area contributed by atoms with Crippen molar-refractivity contribution >= 4 is 17.4 Å². The summed E-state index contributed by atoms with van der Waals surface area (Å²) in [6, 6.07) is 13.2. The summed E-state index contributed by atoms with van der Waals surface area (Å²) in [6.07, 6.45) is 3.60. The van der Waals surface area contributed by atoms with E-state index in [4.69, 9.17) is 0 Å². The van der Waals surface area contributed by atoms with Gasteiger partial charge >= 0.3 is 0 Å². The molecule has 0 spiro atoms. The molecule has 0 saturated heterocycles. The van der Waals surface area contributed by atoms with Crippen LogP contribution in [-0.4, -0.2) is 15.3 Å². The van der Waals surface area contributed by atoms with Gasteiger partial charge in [0, 0.05) is 11.8 Å². The van der Waals surface area contributed by atoms with E-state index in [-0.39, 0.29) is 5.91 Å².